The molecule has 77 heavy (non-hydrogen) atoms. The molecule has 8 aromatic carbocycles. The minimum atomic E-state index is -0.385. The first-order chi connectivity index (χ1) is 36.6. The third kappa shape index (κ3) is 9.49. The topological polar surface area (TPSA) is 33.5 Å². The van der Waals surface area contributed by atoms with E-state index >= 15 is 0 Å². The molecular weight excluding hydrogens is 937 g/mol. The molecule has 388 valence electrons. The van der Waals surface area contributed by atoms with Gasteiger partial charge in [0, 0.05) is 51.3 Å². The Bertz CT molecular complexity index is 3810. The molecule has 1 aliphatic heterocycles. The highest BCUT2D eigenvalue weighted by atomic mass is 16.5. The zero-order valence-corrected chi connectivity index (χ0v) is 47.5. The van der Waals surface area contributed by atoms with Crippen molar-refractivity contribution in [2.75, 3.05) is 16.5 Å². The smallest absolute Gasteiger partial charge is 0.137 e. The Hall–Kier alpha value is -7.89. The highest BCUT2D eigenvalue weighted by molar-refractivity contribution is 6.12. The predicted molar refractivity (Wildman–Crippen MR) is 326 cm³/mol. The van der Waals surface area contributed by atoms with Gasteiger partial charge in [-0.3, -0.25) is 4.57 Å². The number of aromatic nitrogens is 2. The molecule has 5 nitrogen and oxygen atoms in total. The van der Waals surface area contributed by atoms with Gasteiger partial charge in [0.2, 0.25) is 0 Å². The predicted octanol–water partition coefficient (Wildman–Crippen LogP) is 19.4. The Morgan fingerprint density at radius 2 is 0.974 bits per heavy atom. The average Bonchev–Trinajstić information content (AvgIpc) is 3.98. The molecule has 0 amide bonds. The summed E-state index contributed by atoms with van der Waals surface area (Å²) in [6.45, 7) is 30.8. The first-order valence-corrected chi connectivity index (χ1v) is 27.5. The van der Waals surface area contributed by atoms with E-state index < -0.39 is 0 Å². The SMILES string of the molecule is CC(C)(C)c1ccnc(-n2c3ccccc3c3c(C(C)(C)c4ccccc4)cc(Oc4cccc(N5CN(c6cc(-c7ccccc7)cc(C(C)(C)c7ccccc7)c6)c6cc(C(C)(C)C)c(C(C)(C)C)cc65)c4)cc32)c1. The number of ether oxygens (including phenoxy) is 1. The summed E-state index contributed by atoms with van der Waals surface area (Å²) in [5.74, 6) is 2.42. The highest BCUT2D eigenvalue weighted by Crippen LogP contribution is 2.52. The van der Waals surface area contributed by atoms with Crippen LogP contribution < -0.4 is 14.5 Å². The van der Waals surface area contributed by atoms with Crippen molar-refractivity contribution in [2.45, 2.75) is 117 Å². The highest BCUT2D eigenvalue weighted by Gasteiger charge is 2.36. The molecule has 2 aromatic heterocycles. The second-order valence-corrected chi connectivity index (χ2v) is 25.5. The van der Waals surface area contributed by atoms with Gasteiger partial charge in [0.25, 0.3) is 0 Å². The van der Waals surface area contributed by atoms with Crippen molar-refractivity contribution in [3.8, 4) is 28.4 Å². The Morgan fingerprint density at radius 3 is 1.60 bits per heavy atom. The Balaban J connectivity index is 1.08. The first kappa shape index (κ1) is 51.2. The lowest BCUT2D eigenvalue weighted by Crippen LogP contribution is -2.25. The van der Waals surface area contributed by atoms with Crippen LogP contribution in [0.25, 0.3) is 38.8 Å². The Morgan fingerprint density at radius 1 is 0.390 bits per heavy atom. The van der Waals surface area contributed by atoms with Crippen LogP contribution in [0.2, 0.25) is 0 Å². The number of hydrogen-bond acceptors (Lipinski definition) is 4. The maximum atomic E-state index is 7.25. The molecule has 0 saturated carbocycles. The molecule has 5 heteroatoms. The number of nitrogens with zero attached hydrogens (tertiary/aromatic N) is 4. The number of benzene rings is 8. The van der Waals surface area contributed by atoms with Gasteiger partial charge in [-0.1, -0.05) is 211 Å². The van der Waals surface area contributed by atoms with Crippen molar-refractivity contribution in [1.29, 1.82) is 0 Å². The molecule has 10 aromatic rings. The van der Waals surface area contributed by atoms with Gasteiger partial charge in [-0.15, -0.1) is 0 Å². The zero-order chi connectivity index (χ0) is 54.2. The third-order valence-electron chi connectivity index (χ3n) is 16.3. The lowest BCUT2D eigenvalue weighted by molar-refractivity contribution is 0.481. The van der Waals surface area contributed by atoms with Crippen LogP contribution in [0.3, 0.4) is 0 Å². The minimum absolute atomic E-state index is 0.0549. The van der Waals surface area contributed by atoms with E-state index in [1.54, 1.807) is 0 Å². The van der Waals surface area contributed by atoms with E-state index in [4.69, 9.17) is 9.72 Å². The molecule has 0 radical (unpaired) electrons. The summed E-state index contributed by atoms with van der Waals surface area (Å²) in [5.41, 5.74) is 17.2. The monoisotopic (exact) mass is 1010 g/mol. The Labute approximate surface area is 457 Å². The molecular formula is C72H74N4O. The quantitative estimate of drug-likeness (QED) is 0.137. The normalized spacial score (nSPS) is 13.4. The van der Waals surface area contributed by atoms with Crippen LogP contribution in [0.15, 0.2) is 200 Å². The molecule has 0 saturated heterocycles. The number of pyridine rings is 1. The Kier molecular flexibility index (Phi) is 12.6. The van der Waals surface area contributed by atoms with Gasteiger partial charge in [0.05, 0.1) is 22.4 Å². The van der Waals surface area contributed by atoms with E-state index in [1.807, 2.05) is 6.20 Å². The molecule has 0 unspecified atom stereocenters. The van der Waals surface area contributed by atoms with Crippen LogP contribution in [0.4, 0.5) is 22.7 Å². The van der Waals surface area contributed by atoms with Crippen molar-refractivity contribution in [1.82, 2.24) is 9.55 Å². The molecule has 0 N–H and O–H groups in total. The number of rotatable bonds is 10. The average molecular weight is 1010 g/mol. The summed E-state index contributed by atoms with van der Waals surface area (Å²) in [5, 5.41) is 2.38. The van der Waals surface area contributed by atoms with Crippen molar-refractivity contribution in [2.24, 2.45) is 0 Å². The number of anilines is 4. The van der Waals surface area contributed by atoms with E-state index in [1.165, 1.54) is 72.2 Å². The second-order valence-electron chi connectivity index (χ2n) is 25.5. The van der Waals surface area contributed by atoms with Crippen LogP contribution in [-0.2, 0) is 27.1 Å². The summed E-state index contributed by atoms with van der Waals surface area (Å²) in [6, 6.07) is 71.2. The van der Waals surface area contributed by atoms with Gasteiger partial charge in [-0.25, -0.2) is 4.98 Å². The lowest BCUT2D eigenvalue weighted by Gasteiger charge is -2.32. The fraction of sp³-hybridized carbons (Fsp3) is 0.264. The van der Waals surface area contributed by atoms with E-state index in [0.29, 0.717) is 6.67 Å². The van der Waals surface area contributed by atoms with Gasteiger partial charge in [0.15, 0.2) is 0 Å². The number of fused-ring (bicyclic) bond motifs is 4. The fourth-order valence-corrected chi connectivity index (χ4v) is 11.7. The fourth-order valence-electron chi connectivity index (χ4n) is 11.7. The van der Waals surface area contributed by atoms with Crippen LogP contribution in [0.1, 0.15) is 129 Å². The summed E-state index contributed by atoms with van der Waals surface area (Å²) in [6.07, 6.45) is 1.95. The zero-order valence-electron chi connectivity index (χ0n) is 47.5. The van der Waals surface area contributed by atoms with Gasteiger partial charge >= 0.3 is 0 Å². The van der Waals surface area contributed by atoms with Gasteiger partial charge < -0.3 is 14.5 Å². The summed E-state index contributed by atoms with van der Waals surface area (Å²) in [4.78, 5) is 10.1. The van der Waals surface area contributed by atoms with Crippen molar-refractivity contribution < 1.29 is 4.74 Å². The molecule has 11 rings (SSSR count). The van der Waals surface area contributed by atoms with Crippen LogP contribution in [-0.4, -0.2) is 16.2 Å². The largest absolute Gasteiger partial charge is 0.457 e. The van der Waals surface area contributed by atoms with Crippen molar-refractivity contribution >= 4 is 44.6 Å². The molecule has 0 atom stereocenters. The summed E-state index contributed by atoms with van der Waals surface area (Å²) < 4.78 is 9.59. The van der Waals surface area contributed by atoms with Crippen LogP contribution in [0, 0.1) is 0 Å². The van der Waals surface area contributed by atoms with Gasteiger partial charge in [0.1, 0.15) is 24.0 Å². The molecule has 0 fully saturated rings. The maximum Gasteiger partial charge on any atom is 0.137 e. The number of para-hydroxylation sites is 1. The van der Waals surface area contributed by atoms with Crippen LogP contribution in [0.5, 0.6) is 11.5 Å². The van der Waals surface area contributed by atoms with Crippen molar-refractivity contribution in [3.63, 3.8) is 0 Å². The van der Waals surface area contributed by atoms with Crippen molar-refractivity contribution in [3.05, 3.63) is 239 Å². The standard InChI is InChI=1S/C72H74N4O/c1-68(2,3)52-36-37-73-66(41-52)76-62-35-24-23-34-58(62)67-61(72(12,13)51-30-21-16-22-31-51)43-57(44-65(67)76)77-56-33-25-32-54(42-56)74-47-75(64-46-60(70(7,8)9)59(45-63(64)74)69(4,5)6)55-39-49(48-26-17-14-18-27-48)38-53(40-55)71(10,11)50-28-19-15-20-29-50/h14-46H,47H2,1-13H3. The third-order valence-corrected chi connectivity index (χ3v) is 16.3. The van der Waals surface area contributed by atoms with E-state index in [0.717, 1.165) is 39.7 Å². The molecule has 0 bridgehead atoms. The number of hydrogen-bond donors (Lipinski definition) is 0. The van der Waals surface area contributed by atoms with E-state index in [2.05, 4.69) is 298 Å². The van der Waals surface area contributed by atoms with E-state index in [-0.39, 0.29) is 27.1 Å². The molecule has 3 heterocycles. The van der Waals surface area contributed by atoms with Crippen LogP contribution >= 0.6 is 0 Å². The molecule has 1 aliphatic rings. The van der Waals surface area contributed by atoms with Gasteiger partial charge in [-0.05, 0) is 127 Å². The first-order valence-electron chi connectivity index (χ1n) is 27.5. The van der Waals surface area contributed by atoms with E-state index in [9.17, 15) is 0 Å². The maximum absolute atomic E-state index is 7.25. The minimum Gasteiger partial charge on any atom is -0.457 e. The summed E-state index contributed by atoms with van der Waals surface area (Å²) in [7, 11) is 0. The molecule has 0 spiro atoms. The molecule has 0 aliphatic carbocycles. The lowest BCUT2D eigenvalue weighted by atomic mass is 9.74. The van der Waals surface area contributed by atoms with Gasteiger partial charge in [-0.2, -0.15) is 0 Å². The second kappa shape index (κ2) is 19.0. The summed E-state index contributed by atoms with van der Waals surface area (Å²) >= 11 is 0.